The van der Waals surface area contributed by atoms with Crippen molar-refractivity contribution in [1.82, 2.24) is 0 Å². The molecule has 0 aliphatic carbocycles. The molecule has 0 bridgehead atoms. The molecule has 0 saturated carbocycles. The summed E-state index contributed by atoms with van der Waals surface area (Å²) in [7, 11) is 1.80. The zero-order valence-electron chi connectivity index (χ0n) is 22.7. The van der Waals surface area contributed by atoms with Crippen LogP contribution in [0.1, 0.15) is 110 Å². The molecule has 1 aliphatic rings. The summed E-state index contributed by atoms with van der Waals surface area (Å²) in [6.07, 6.45) is 19.8. The molecule has 7 nitrogen and oxygen atoms in total. The largest absolute Gasteiger partial charge is 0.475 e. The maximum absolute atomic E-state index is 12.4. The molecule has 1 rings (SSSR count). The normalized spacial score (nSPS) is 20.6. The fourth-order valence-electron chi connectivity index (χ4n) is 4.18. The minimum atomic E-state index is -4.20. The molecule has 1 N–H and O–H groups in total. The predicted octanol–water partition coefficient (Wildman–Crippen LogP) is 6.83. The van der Waals surface area contributed by atoms with E-state index in [0.717, 1.165) is 19.3 Å². The van der Waals surface area contributed by atoms with Crippen LogP contribution in [0.15, 0.2) is 0 Å². The van der Waals surface area contributed by atoms with Gasteiger partial charge in [-0.15, -0.1) is 0 Å². The summed E-state index contributed by atoms with van der Waals surface area (Å²) in [6, 6.07) is 0. The summed E-state index contributed by atoms with van der Waals surface area (Å²) >= 11 is 0. The number of ether oxygens (including phenoxy) is 2. The second-order valence-corrected chi connectivity index (χ2v) is 12.3. The summed E-state index contributed by atoms with van der Waals surface area (Å²) in [5.41, 5.74) is 0. The molecule has 0 aromatic carbocycles. The Morgan fingerprint density at radius 3 is 1.85 bits per heavy atom. The van der Waals surface area contributed by atoms with Crippen LogP contribution in [0.3, 0.4) is 0 Å². The van der Waals surface area contributed by atoms with Crippen molar-refractivity contribution in [1.29, 1.82) is 0 Å². The molecule has 204 valence electrons. The lowest BCUT2D eigenvalue weighted by Crippen LogP contribution is -2.38. The molecule has 0 aromatic heterocycles. The van der Waals surface area contributed by atoms with E-state index in [2.05, 4.69) is 6.92 Å². The molecule has 1 fully saturated rings. The van der Waals surface area contributed by atoms with Gasteiger partial charge < -0.3 is 18.9 Å². The average Bonchev–Trinajstić information content (AvgIpc) is 3.20. The SMILES string of the molecule is CCCCCCCCCCCCCCCCOCC1(OP(=O)(O)OCC[N+](C)(C)C)CCCO1. The number of quaternary nitrogens is 1. The number of likely N-dealkylation sites (N-methyl/N-ethyl adjacent to an activating group) is 1. The zero-order valence-corrected chi connectivity index (χ0v) is 23.6. The fourth-order valence-corrected chi connectivity index (χ4v) is 5.16. The average molecular weight is 509 g/mol. The van der Waals surface area contributed by atoms with Crippen LogP contribution in [0.4, 0.5) is 0 Å². The van der Waals surface area contributed by atoms with Gasteiger partial charge in [0.1, 0.15) is 19.8 Å². The first-order valence-corrected chi connectivity index (χ1v) is 15.4. The molecule has 0 aromatic rings. The number of hydrogen-bond donors (Lipinski definition) is 1. The Hall–Kier alpha value is -0.0100. The van der Waals surface area contributed by atoms with Crippen LogP contribution in [-0.2, 0) is 23.1 Å². The molecular formula is C26H55NO6P+. The van der Waals surface area contributed by atoms with Gasteiger partial charge in [0.05, 0.1) is 27.7 Å². The van der Waals surface area contributed by atoms with Gasteiger partial charge in [0.2, 0.25) is 5.79 Å². The van der Waals surface area contributed by atoms with E-state index in [1.165, 1.54) is 77.0 Å². The van der Waals surface area contributed by atoms with Gasteiger partial charge in [0.25, 0.3) is 0 Å². The van der Waals surface area contributed by atoms with Crippen LogP contribution < -0.4 is 0 Å². The molecular weight excluding hydrogens is 453 g/mol. The number of unbranched alkanes of at least 4 members (excludes halogenated alkanes) is 13. The molecule has 1 saturated heterocycles. The van der Waals surface area contributed by atoms with Gasteiger partial charge in [-0.3, -0.25) is 9.05 Å². The van der Waals surface area contributed by atoms with Gasteiger partial charge in [-0.1, -0.05) is 90.4 Å². The first-order valence-electron chi connectivity index (χ1n) is 13.9. The van der Waals surface area contributed by atoms with Gasteiger partial charge >= 0.3 is 7.82 Å². The number of nitrogens with zero attached hydrogens (tertiary/aromatic N) is 1. The first kappa shape index (κ1) is 32.0. The van der Waals surface area contributed by atoms with Crippen molar-refractivity contribution in [3.63, 3.8) is 0 Å². The Bertz CT molecular complexity index is 534. The van der Waals surface area contributed by atoms with Gasteiger partial charge in [0.15, 0.2) is 0 Å². The molecule has 0 spiro atoms. The Morgan fingerprint density at radius 2 is 1.38 bits per heavy atom. The lowest BCUT2D eigenvalue weighted by Gasteiger charge is -2.30. The van der Waals surface area contributed by atoms with E-state index in [-0.39, 0.29) is 13.2 Å². The molecule has 0 radical (unpaired) electrons. The smallest absolute Gasteiger partial charge is 0.376 e. The van der Waals surface area contributed by atoms with Crippen LogP contribution in [0, 0.1) is 0 Å². The number of rotatable bonds is 23. The molecule has 2 unspecified atom stereocenters. The zero-order chi connectivity index (χ0) is 25.2. The van der Waals surface area contributed by atoms with Crippen molar-refractivity contribution in [3.05, 3.63) is 0 Å². The summed E-state index contributed by atoms with van der Waals surface area (Å²) in [5.74, 6) is -1.17. The predicted molar refractivity (Wildman–Crippen MR) is 139 cm³/mol. The van der Waals surface area contributed by atoms with Crippen molar-refractivity contribution in [2.45, 2.75) is 115 Å². The van der Waals surface area contributed by atoms with Gasteiger partial charge in [-0.2, -0.15) is 0 Å². The summed E-state index contributed by atoms with van der Waals surface area (Å²) in [4.78, 5) is 10.1. The van der Waals surface area contributed by atoms with E-state index in [0.29, 0.717) is 30.7 Å². The van der Waals surface area contributed by atoms with E-state index in [1.54, 1.807) is 0 Å². The molecule has 0 amide bonds. The molecule has 2 atom stereocenters. The van der Waals surface area contributed by atoms with Gasteiger partial charge in [0, 0.05) is 13.0 Å². The van der Waals surface area contributed by atoms with E-state index in [4.69, 9.17) is 18.5 Å². The number of phosphoric acid groups is 1. The van der Waals surface area contributed by atoms with Crippen LogP contribution in [-0.4, -0.2) is 69.3 Å². The second-order valence-electron chi connectivity index (χ2n) is 10.9. The molecule has 1 heterocycles. The minimum absolute atomic E-state index is 0.146. The Morgan fingerprint density at radius 1 is 0.853 bits per heavy atom. The summed E-state index contributed by atoms with van der Waals surface area (Å²) in [5, 5.41) is 0. The van der Waals surface area contributed by atoms with Crippen molar-refractivity contribution >= 4 is 7.82 Å². The first-order chi connectivity index (χ1) is 16.2. The van der Waals surface area contributed by atoms with Gasteiger partial charge in [-0.25, -0.2) is 4.57 Å². The maximum Gasteiger partial charge on any atom is 0.475 e. The highest BCUT2D eigenvalue weighted by Crippen LogP contribution is 2.50. The standard InChI is InChI=1S/C26H54NO6P/c1-5-6-7-8-9-10-11-12-13-14-15-16-17-18-22-30-25-26(20-19-23-31-26)33-34(28,29)32-24-21-27(2,3)4/h5-25H2,1-4H3/p+1. The second kappa shape index (κ2) is 18.3. The highest BCUT2D eigenvalue weighted by Gasteiger charge is 2.44. The van der Waals surface area contributed by atoms with Gasteiger partial charge in [-0.05, 0) is 12.8 Å². The summed E-state index contributed by atoms with van der Waals surface area (Å²) in [6.45, 7) is 4.30. The topological polar surface area (TPSA) is 74.2 Å². The van der Waals surface area contributed by atoms with Crippen molar-refractivity contribution < 1.29 is 32.5 Å². The summed E-state index contributed by atoms with van der Waals surface area (Å²) < 4.78 is 35.1. The van der Waals surface area contributed by atoms with E-state index in [9.17, 15) is 9.46 Å². The lowest BCUT2D eigenvalue weighted by molar-refractivity contribution is -0.870. The quantitative estimate of drug-likeness (QED) is 0.0926. The third-order valence-electron chi connectivity index (χ3n) is 6.33. The highest BCUT2D eigenvalue weighted by molar-refractivity contribution is 7.47. The van der Waals surface area contributed by atoms with Crippen molar-refractivity contribution in [2.75, 3.05) is 54.1 Å². The van der Waals surface area contributed by atoms with Crippen molar-refractivity contribution in [3.8, 4) is 0 Å². The lowest BCUT2D eigenvalue weighted by atomic mass is 10.0. The third-order valence-corrected chi connectivity index (χ3v) is 7.40. The van der Waals surface area contributed by atoms with Crippen LogP contribution in [0.2, 0.25) is 0 Å². The highest BCUT2D eigenvalue weighted by atomic mass is 31.2. The van der Waals surface area contributed by atoms with E-state index in [1.807, 2.05) is 21.1 Å². The monoisotopic (exact) mass is 508 g/mol. The Labute approximate surface area is 210 Å². The molecule has 1 aliphatic heterocycles. The van der Waals surface area contributed by atoms with Crippen LogP contribution in [0.25, 0.3) is 0 Å². The maximum atomic E-state index is 12.4. The third kappa shape index (κ3) is 17.4. The number of hydrogen-bond acceptors (Lipinski definition) is 5. The van der Waals surface area contributed by atoms with Crippen LogP contribution >= 0.6 is 7.82 Å². The Balaban J connectivity index is 2.05. The van der Waals surface area contributed by atoms with Crippen molar-refractivity contribution in [2.24, 2.45) is 0 Å². The van der Waals surface area contributed by atoms with E-state index >= 15 is 0 Å². The Kier molecular flexibility index (Phi) is 17.2. The molecule has 34 heavy (non-hydrogen) atoms. The molecule has 8 heteroatoms. The fraction of sp³-hybridized carbons (Fsp3) is 1.00. The number of phosphoric ester groups is 1. The minimum Gasteiger partial charge on any atom is -0.376 e. The van der Waals surface area contributed by atoms with E-state index < -0.39 is 13.6 Å². The van der Waals surface area contributed by atoms with Crippen LogP contribution in [0.5, 0.6) is 0 Å².